The SMILES string of the molecule is COc1ccc2c(c1F)CCC1C2CC[C@@]2(C)C1CC[C@@H]2C. The molecule has 2 heteroatoms. The third-order valence-corrected chi connectivity index (χ3v) is 7.50. The summed E-state index contributed by atoms with van der Waals surface area (Å²) >= 11 is 0. The lowest BCUT2D eigenvalue weighted by Crippen LogP contribution is -2.41. The fourth-order valence-corrected chi connectivity index (χ4v) is 6.02. The molecule has 0 saturated heterocycles. The van der Waals surface area contributed by atoms with E-state index in [1.165, 1.54) is 31.2 Å². The van der Waals surface area contributed by atoms with E-state index in [9.17, 15) is 4.39 Å². The minimum atomic E-state index is -0.105. The first-order valence-corrected chi connectivity index (χ1v) is 8.91. The van der Waals surface area contributed by atoms with Crippen LogP contribution in [0, 0.1) is 29.0 Å². The zero-order valence-corrected chi connectivity index (χ0v) is 14.0. The average Bonchev–Trinajstić information content (AvgIpc) is 2.83. The van der Waals surface area contributed by atoms with Gasteiger partial charge in [-0.15, -0.1) is 0 Å². The number of ether oxygens (including phenoxy) is 1. The minimum Gasteiger partial charge on any atom is -0.494 e. The molecule has 3 aliphatic rings. The number of rotatable bonds is 1. The molecule has 0 radical (unpaired) electrons. The van der Waals surface area contributed by atoms with Gasteiger partial charge in [0.15, 0.2) is 11.6 Å². The Kier molecular flexibility index (Phi) is 3.29. The Morgan fingerprint density at radius 2 is 2.00 bits per heavy atom. The highest BCUT2D eigenvalue weighted by Gasteiger charge is 2.53. The zero-order chi connectivity index (χ0) is 15.5. The van der Waals surface area contributed by atoms with Gasteiger partial charge >= 0.3 is 0 Å². The Labute approximate surface area is 133 Å². The number of hydrogen-bond donors (Lipinski definition) is 0. The first kappa shape index (κ1) is 14.5. The Hall–Kier alpha value is -1.05. The molecular weight excluding hydrogens is 275 g/mol. The van der Waals surface area contributed by atoms with E-state index < -0.39 is 0 Å². The molecule has 1 aromatic rings. The second kappa shape index (κ2) is 4.97. The van der Waals surface area contributed by atoms with Crippen LogP contribution in [0.4, 0.5) is 4.39 Å². The molecule has 2 fully saturated rings. The molecule has 2 saturated carbocycles. The topological polar surface area (TPSA) is 9.23 Å². The molecule has 0 bridgehead atoms. The van der Waals surface area contributed by atoms with Crippen molar-refractivity contribution in [2.75, 3.05) is 7.11 Å². The van der Waals surface area contributed by atoms with Gasteiger partial charge in [-0.25, -0.2) is 4.39 Å². The van der Waals surface area contributed by atoms with E-state index >= 15 is 0 Å². The van der Waals surface area contributed by atoms with Crippen LogP contribution >= 0.6 is 0 Å². The highest BCUT2D eigenvalue weighted by atomic mass is 19.1. The Balaban J connectivity index is 1.72. The summed E-state index contributed by atoms with van der Waals surface area (Å²) in [6.45, 7) is 4.97. The highest BCUT2D eigenvalue weighted by molar-refractivity contribution is 5.42. The third-order valence-electron chi connectivity index (χ3n) is 7.50. The Morgan fingerprint density at radius 1 is 1.18 bits per heavy atom. The summed E-state index contributed by atoms with van der Waals surface area (Å²) in [4.78, 5) is 0. The summed E-state index contributed by atoms with van der Waals surface area (Å²) in [6.07, 6.45) is 7.37. The molecule has 0 aliphatic heterocycles. The fraction of sp³-hybridized carbons (Fsp3) is 0.700. The first-order chi connectivity index (χ1) is 10.6. The van der Waals surface area contributed by atoms with Crippen molar-refractivity contribution in [1.82, 2.24) is 0 Å². The van der Waals surface area contributed by atoms with Gasteiger partial charge < -0.3 is 4.74 Å². The van der Waals surface area contributed by atoms with Gasteiger partial charge in [0, 0.05) is 0 Å². The van der Waals surface area contributed by atoms with Crippen LogP contribution in [0.5, 0.6) is 5.75 Å². The Morgan fingerprint density at radius 3 is 2.77 bits per heavy atom. The average molecular weight is 302 g/mol. The predicted octanol–water partition coefficient (Wildman–Crippen LogP) is 5.33. The molecule has 22 heavy (non-hydrogen) atoms. The number of methoxy groups -OCH3 is 1. The van der Waals surface area contributed by atoms with Gasteiger partial charge in [0.05, 0.1) is 7.11 Å². The quantitative estimate of drug-likeness (QED) is 0.681. The van der Waals surface area contributed by atoms with Crippen molar-refractivity contribution in [2.45, 2.75) is 58.3 Å². The fourth-order valence-electron chi connectivity index (χ4n) is 6.02. The molecule has 0 N–H and O–H groups in total. The van der Waals surface area contributed by atoms with Crippen molar-refractivity contribution in [3.05, 3.63) is 29.1 Å². The summed E-state index contributed by atoms with van der Waals surface area (Å²) < 4.78 is 19.8. The molecule has 0 aromatic heterocycles. The second-order valence-corrected chi connectivity index (χ2v) is 8.09. The van der Waals surface area contributed by atoms with Crippen LogP contribution in [0.1, 0.15) is 63.0 Å². The van der Waals surface area contributed by atoms with Crippen molar-refractivity contribution in [2.24, 2.45) is 23.2 Å². The van der Waals surface area contributed by atoms with E-state index in [0.29, 0.717) is 17.1 Å². The van der Waals surface area contributed by atoms with Gasteiger partial charge in [0.1, 0.15) is 0 Å². The van der Waals surface area contributed by atoms with E-state index in [0.717, 1.165) is 36.2 Å². The molecule has 4 rings (SSSR count). The maximum atomic E-state index is 14.6. The van der Waals surface area contributed by atoms with Gasteiger partial charge in [-0.1, -0.05) is 19.9 Å². The minimum absolute atomic E-state index is 0.105. The van der Waals surface area contributed by atoms with Crippen LogP contribution in [-0.2, 0) is 6.42 Å². The smallest absolute Gasteiger partial charge is 0.168 e. The summed E-state index contributed by atoms with van der Waals surface area (Å²) in [6, 6.07) is 3.98. The van der Waals surface area contributed by atoms with Crippen LogP contribution in [0.3, 0.4) is 0 Å². The van der Waals surface area contributed by atoms with Crippen molar-refractivity contribution in [3.63, 3.8) is 0 Å². The maximum absolute atomic E-state index is 14.6. The van der Waals surface area contributed by atoms with Crippen LogP contribution < -0.4 is 4.74 Å². The van der Waals surface area contributed by atoms with Crippen LogP contribution in [0.2, 0.25) is 0 Å². The predicted molar refractivity (Wildman–Crippen MR) is 86.7 cm³/mol. The molecule has 1 nitrogen and oxygen atoms in total. The Bertz CT molecular complexity index is 596. The molecule has 0 spiro atoms. The van der Waals surface area contributed by atoms with Crippen LogP contribution in [0.25, 0.3) is 0 Å². The second-order valence-electron chi connectivity index (χ2n) is 8.09. The normalized spacial score (nSPS) is 39.8. The van der Waals surface area contributed by atoms with Crippen molar-refractivity contribution in [1.29, 1.82) is 0 Å². The number of hydrogen-bond acceptors (Lipinski definition) is 1. The summed E-state index contributed by atoms with van der Waals surface area (Å²) in [5, 5.41) is 0. The lowest BCUT2D eigenvalue weighted by molar-refractivity contribution is 0.0332. The maximum Gasteiger partial charge on any atom is 0.168 e. The van der Waals surface area contributed by atoms with Crippen LogP contribution in [0.15, 0.2) is 12.1 Å². The molecule has 0 amide bonds. The lowest BCUT2D eigenvalue weighted by Gasteiger charge is -2.50. The molecule has 3 unspecified atom stereocenters. The lowest BCUT2D eigenvalue weighted by atomic mass is 9.54. The van der Waals surface area contributed by atoms with Gasteiger partial charge in [-0.3, -0.25) is 0 Å². The van der Waals surface area contributed by atoms with Gasteiger partial charge in [0.2, 0.25) is 0 Å². The summed E-state index contributed by atoms with van der Waals surface area (Å²) in [5.74, 6) is 3.35. The molecule has 120 valence electrons. The first-order valence-electron chi connectivity index (χ1n) is 8.91. The number of halogens is 1. The molecule has 0 heterocycles. The molecule has 5 atom stereocenters. The number of benzene rings is 1. The molecular formula is C20H27FO. The largest absolute Gasteiger partial charge is 0.494 e. The molecule has 3 aliphatic carbocycles. The van der Waals surface area contributed by atoms with E-state index in [2.05, 4.69) is 19.9 Å². The zero-order valence-electron chi connectivity index (χ0n) is 14.0. The van der Waals surface area contributed by atoms with Gasteiger partial charge in [-0.2, -0.15) is 0 Å². The van der Waals surface area contributed by atoms with Crippen LogP contribution in [-0.4, -0.2) is 7.11 Å². The number of fused-ring (bicyclic) bond motifs is 5. The van der Waals surface area contributed by atoms with Gasteiger partial charge in [0.25, 0.3) is 0 Å². The highest BCUT2D eigenvalue weighted by Crippen LogP contribution is 2.63. The summed E-state index contributed by atoms with van der Waals surface area (Å²) in [7, 11) is 1.56. The van der Waals surface area contributed by atoms with Crippen molar-refractivity contribution in [3.8, 4) is 5.75 Å². The molecule has 1 aromatic carbocycles. The van der Waals surface area contributed by atoms with E-state index in [1.54, 1.807) is 7.11 Å². The monoisotopic (exact) mass is 302 g/mol. The summed E-state index contributed by atoms with van der Waals surface area (Å²) in [5.41, 5.74) is 2.76. The van der Waals surface area contributed by atoms with Gasteiger partial charge in [-0.05, 0) is 84.8 Å². The van der Waals surface area contributed by atoms with Crippen molar-refractivity contribution >= 4 is 0 Å². The van der Waals surface area contributed by atoms with Crippen molar-refractivity contribution < 1.29 is 9.13 Å². The third kappa shape index (κ3) is 1.82. The standard InChI is InChI=1S/C20H27FO/c1-12-4-8-17-15-5-6-16-13(7-9-18(22-3)19(16)21)14(15)10-11-20(12,17)2/h7,9,12,14-15,17H,4-6,8,10-11H2,1-3H3/t12-,14?,15?,17?,20+/m0/s1. The van der Waals surface area contributed by atoms with E-state index in [1.807, 2.05) is 6.07 Å². The van der Waals surface area contributed by atoms with E-state index in [-0.39, 0.29) is 5.82 Å². The van der Waals surface area contributed by atoms with E-state index in [4.69, 9.17) is 4.74 Å².